The zero-order valence-electron chi connectivity index (χ0n) is 20.0. The van der Waals surface area contributed by atoms with Crippen LogP contribution in [0.4, 0.5) is 23.5 Å². The quantitative estimate of drug-likeness (QED) is 0.238. The third-order valence-corrected chi connectivity index (χ3v) is 5.78. The second kappa shape index (κ2) is 11.8. The fourth-order valence-electron chi connectivity index (χ4n) is 3.95. The molecule has 0 atom stereocenters. The van der Waals surface area contributed by atoms with Gasteiger partial charge in [-0.1, -0.05) is 60.7 Å². The summed E-state index contributed by atoms with van der Waals surface area (Å²) in [7, 11) is 0. The smallest absolute Gasteiger partial charge is 0.250 e. The van der Waals surface area contributed by atoms with Crippen LogP contribution < -0.4 is 20.4 Å². The van der Waals surface area contributed by atoms with Crippen LogP contribution in [-0.4, -0.2) is 34.3 Å². The average Bonchev–Trinajstić information content (AvgIpc) is 2.94. The fraction of sp³-hybridized carbons (Fsp3) is 0.214. The average molecular weight is 480 g/mol. The summed E-state index contributed by atoms with van der Waals surface area (Å²) in [5.41, 5.74) is 5.91. The SMILES string of the molecule is C(=N/Nc1nc(Nc2ccccc2)nc(N2CCCCC2)n1)/c1cccc(OCc2ccccc2)c1. The van der Waals surface area contributed by atoms with Gasteiger partial charge in [0.25, 0.3) is 0 Å². The van der Waals surface area contributed by atoms with E-state index in [1.807, 2.05) is 84.9 Å². The van der Waals surface area contributed by atoms with Crippen molar-refractivity contribution in [3.8, 4) is 5.75 Å². The van der Waals surface area contributed by atoms with E-state index < -0.39 is 0 Å². The Labute approximate surface area is 211 Å². The lowest BCUT2D eigenvalue weighted by atomic mass is 10.1. The number of ether oxygens (including phenoxy) is 1. The number of benzene rings is 3. The lowest BCUT2D eigenvalue weighted by Gasteiger charge is -2.26. The second-order valence-electron chi connectivity index (χ2n) is 8.54. The molecule has 2 N–H and O–H groups in total. The Morgan fingerprint density at radius 3 is 2.36 bits per heavy atom. The van der Waals surface area contributed by atoms with Crippen molar-refractivity contribution >= 4 is 29.7 Å². The van der Waals surface area contributed by atoms with Crippen molar-refractivity contribution in [1.29, 1.82) is 0 Å². The molecule has 8 nitrogen and oxygen atoms in total. The van der Waals surface area contributed by atoms with Crippen LogP contribution in [0.25, 0.3) is 0 Å². The number of nitrogens with one attached hydrogen (secondary N) is 2. The molecule has 0 saturated carbocycles. The summed E-state index contributed by atoms with van der Waals surface area (Å²) in [5.74, 6) is 2.30. The predicted octanol–water partition coefficient (Wildman–Crippen LogP) is 5.63. The molecule has 2 heterocycles. The van der Waals surface area contributed by atoms with Crippen LogP contribution in [-0.2, 0) is 6.61 Å². The number of piperidine rings is 1. The molecule has 0 spiro atoms. The Morgan fingerprint density at radius 1 is 0.806 bits per heavy atom. The minimum Gasteiger partial charge on any atom is -0.489 e. The molecule has 0 bridgehead atoms. The minimum atomic E-state index is 0.386. The molecule has 8 heteroatoms. The summed E-state index contributed by atoms with van der Waals surface area (Å²) < 4.78 is 5.92. The highest BCUT2D eigenvalue weighted by molar-refractivity contribution is 5.80. The second-order valence-corrected chi connectivity index (χ2v) is 8.54. The van der Waals surface area contributed by atoms with Crippen molar-refractivity contribution in [3.05, 3.63) is 96.1 Å². The van der Waals surface area contributed by atoms with Gasteiger partial charge in [0.1, 0.15) is 12.4 Å². The van der Waals surface area contributed by atoms with Gasteiger partial charge in [0.05, 0.1) is 6.21 Å². The van der Waals surface area contributed by atoms with Crippen molar-refractivity contribution in [2.45, 2.75) is 25.9 Å². The van der Waals surface area contributed by atoms with Gasteiger partial charge in [0, 0.05) is 18.8 Å². The Bertz CT molecular complexity index is 1280. The number of anilines is 4. The highest BCUT2D eigenvalue weighted by atomic mass is 16.5. The number of nitrogens with zero attached hydrogens (tertiary/aromatic N) is 5. The Balaban J connectivity index is 1.28. The van der Waals surface area contributed by atoms with Crippen LogP contribution in [0.15, 0.2) is 90.0 Å². The first-order valence-electron chi connectivity index (χ1n) is 12.2. The maximum atomic E-state index is 5.92. The number of para-hydroxylation sites is 1. The molecule has 0 amide bonds. The minimum absolute atomic E-state index is 0.386. The molecule has 3 aromatic carbocycles. The molecule has 182 valence electrons. The van der Waals surface area contributed by atoms with E-state index in [9.17, 15) is 0 Å². The molecule has 0 unspecified atom stereocenters. The number of hydrogen-bond donors (Lipinski definition) is 2. The van der Waals surface area contributed by atoms with E-state index in [0.717, 1.165) is 48.5 Å². The highest BCUT2D eigenvalue weighted by Gasteiger charge is 2.16. The zero-order valence-corrected chi connectivity index (χ0v) is 20.0. The molecule has 1 saturated heterocycles. The number of hydrazone groups is 1. The maximum Gasteiger partial charge on any atom is 0.250 e. The number of hydrogen-bond acceptors (Lipinski definition) is 8. The van der Waals surface area contributed by atoms with Crippen molar-refractivity contribution in [2.75, 3.05) is 28.7 Å². The standard InChI is InChI=1S/C28H29N7O/c1-4-11-22(12-5-1)21-36-25-16-10-13-23(19-25)20-29-34-27-31-26(30-24-14-6-2-7-15-24)32-28(33-27)35-17-8-3-9-18-35/h1-2,4-7,10-16,19-20H,3,8-9,17-18,21H2,(H2,30,31,32,33,34)/b29-20-. The lowest BCUT2D eigenvalue weighted by molar-refractivity contribution is 0.306. The topological polar surface area (TPSA) is 87.6 Å². The van der Waals surface area contributed by atoms with Gasteiger partial charge < -0.3 is 15.0 Å². The van der Waals surface area contributed by atoms with E-state index in [4.69, 9.17) is 4.74 Å². The van der Waals surface area contributed by atoms with Crippen LogP contribution in [0.3, 0.4) is 0 Å². The van der Waals surface area contributed by atoms with Gasteiger partial charge in [-0.25, -0.2) is 5.43 Å². The van der Waals surface area contributed by atoms with Gasteiger partial charge in [-0.15, -0.1) is 0 Å². The maximum absolute atomic E-state index is 5.92. The molecule has 5 rings (SSSR count). The Kier molecular flexibility index (Phi) is 7.63. The summed E-state index contributed by atoms with van der Waals surface area (Å²) in [5, 5.41) is 7.65. The molecule has 1 aliphatic rings. The van der Waals surface area contributed by atoms with E-state index in [1.165, 1.54) is 6.42 Å². The van der Waals surface area contributed by atoms with Crippen LogP contribution in [0, 0.1) is 0 Å². The summed E-state index contributed by atoms with van der Waals surface area (Å²) in [6.45, 7) is 2.39. The monoisotopic (exact) mass is 479 g/mol. The van der Waals surface area contributed by atoms with E-state index in [1.54, 1.807) is 6.21 Å². The number of rotatable bonds is 9. The molecule has 0 radical (unpaired) electrons. The predicted molar refractivity (Wildman–Crippen MR) is 144 cm³/mol. The fourth-order valence-corrected chi connectivity index (χ4v) is 3.95. The molecule has 1 aromatic heterocycles. The van der Waals surface area contributed by atoms with Crippen LogP contribution in [0.5, 0.6) is 5.75 Å². The van der Waals surface area contributed by atoms with E-state index >= 15 is 0 Å². The Hall–Kier alpha value is -4.46. The van der Waals surface area contributed by atoms with Gasteiger partial charge in [0.2, 0.25) is 17.8 Å². The van der Waals surface area contributed by atoms with Gasteiger partial charge in [0.15, 0.2) is 0 Å². The van der Waals surface area contributed by atoms with Crippen molar-refractivity contribution in [1.82, 2.24) is 15.0 Å². The summed E-state index contributed by atoms with van der Waals surface area (Å²) in [4.78, 5) is 16.0. The highest BCUT2D eigenvalue weighted by Crippen LogP contribution is 2.21. The molecule has 1 fully saturated rings. The molecule has 4 aromatic rings. The molecule has 0 aliphatic carbocycles. The summed E-state index contributed by atoms with van der Waals surface area (Å²) in [6, 6.07) is 27.8. The molecule has 36 heavy (non-hydrogen) atoms. The Morgan fingerprint density at radius 2 is 1.56 bits per heavy atom. The van der Waals surface area contributed by atoms with Crippen molar-refractivity contribution in [3.63, 3.8) is 0 Å². The van der Waals surface area contributed by atoms with Gasteiger partial charge >= 0.3 is 0 Å². The van der Waals surface area contributed by atoms with Crippen LogP contribution >= 0.6 is 0 Å². The molecule has 1 aliphatic heterocycles. The van der Waals surface area contributed by atoms with Gasteiger partial charge in [-0.3, -0.25) is 0 Å². The van der Waals surface area contributed by atoms with Crippen molar-refractivity contribution in [2.24, 2.45) is 5.10 Å². The largest absolute Gasteiger partial charge is 0.489 e. The zero-order chi connectivity index (χ0) is 24.4. The van der Waals surface area contributed by atoms with Crippen LogP contribution in [0.1, 0.15) is 30.4 Å². The van der Waals surface area contributed by atoms with E-state index in [-0.39, 0.29) is 0 Å². The first kappa shape index (κ1) is 23.3. The van der Waals surface area contributed by atoms with E-state index in [2.05, 4.69) is 35.7 Å². The van der Waals surface area contributed by atoms with E-state index in [0.29, 0.717) is 24.5 Å². The molecular weight excluding hydrogens is 450 g/mol. The lowest BCUT2D eigenvalue weighted by Crippen LogP contribution is -2.31. The first-order valence-corrected chi connectivity index (χ1v) is 12.2. The third kappa shape index (κ3) is 6.56. The van der Waals surface area contributed by atoms with Gasteiger partial charge in [-0.2, -0.15) is 20.1 Å². The van der Waals surface area contributed by atoms with Crippen molar-refractivity contribution < 1.29 is 4.74 Å². The normalized spacial score (nSPS) is 13.5. The van der Waals surface area contributed by atoms with Gasteiger partial charge in [-0.05, 0) is 54.7 Å². The summed E-state index contributed by atoms with van der Waals surface area (Å²) in [6.07, 6.45) is 5.23. The number of aromatic nitrogens is 3. The van der Waals surface area contributed by atoms with Crippen LogP contribution in [0.2, 0.25) is 0 Å². The molecular formula is C28H29N7O. The first-order chi connectivity index (χ1) is 17.8. The summed E-state index contributed by atoms with van der Waals surface area (Å²) >= 11 is 0. The third-order valence-electron chi connectivity index (χ3n) is 5.78.